The van der Waals surface area contributed by atoms with Crippen molar-refractivity contribution in [1.82, 2.24) is 19.7 Å². The second kappa shape index (κ2) is 5.56. The van der Waals surface area contributed by atoms with Crippen LogP contribution in [0.3, 0.4) is 0 Å². The smallest absolute Gasteiger partial charge is 0.285 e. The number of hydrogen-bond acceptors (Lipinski definition) is 6. The van der Waals surface area contributed by atoms with E-state index >= 15 is 0 Å². The first-order valence-electron chi connectivity index (χ1n) is 6.80. The van der Waals surface area contributed by atoms with Gasteiger partial charge in [0.15, 0.2) is 5.01 Å². The quantitative estimate of drug-likeness (QED) is 0.620. The highest BCUT2D eigenvalue weighted by molar-refractivity contribution is 7.20. The molecule has 1 N–H and O–H groups in total. The summed E-state index contributed by atoms with van der Waals surface area (Å²) >= 11 is 2.88. The molecule has 4 aromatic heterocycles. The Morgan fingerprint density at radius 1 is 1.35 bits per heavy atom. The summed E-state index contributed by atoms with van der Waals surface area (Å²) in [5, 5.41) is 11.7. The molecule has 114 valence electrons. The van der Waals surface area contributed by atoms with Crippen LogP contribution in [0.5, 0.6) is 0 Å². The minimum absolute atomic E-state index is 0.257. The summed E-state index contributed by atoms with van der Waals surface area (Å²) in [6.07, 6.45) is 1.69. The van der Waals surface area contributed by atoms with Crippen molar-refractivity contribution in [3.63, 3.8) is 0 Å². The Balaban J connectivity index is 1.61. The number of thiophene rings is 1. The number of nitrogens with one attached hydrogen (secondary N) is 1. The number of fused-ring (bicyclic) bond motifs is 1. The van der Waals surface area contributed by atoms with Gasteiger partial charge in [0.1, 0.15) is 16.2 Å². The second-order valence-corrected chi connectivity index (χ2v) is 6.61. The molecule has 0 atom stereocenters. The zero-order valence-electron chi connectivity index (χ0n) is 12.1. The van der Waals surface area contributed by atoms with E-state index in [2.05, 4.69) is 20.4 Å². The largest absolute Gasteiger partial charge is 0.305 e. The standard InChI is InChI=1S/C15H11N5OS2/c1-20-12(7-11(19-20)9-4-6-22-8-9)18-13(21)15-17-10-3-2-5-16-14(10)23-15/h2-8H,1H3,(H,18,21). The van der Waals surface area contributed by atoms with E-state index in [1.165, 1.54) is 11.3 Å². The van der Waals surface area contributed by atoms with Crippen LogP contribution in [0.4, 0.5) is 5.82 Å². The SMILES string of the molecule is Cn1nc(-c2ccsc2)cc1NC(=O)c1nc2cccnc2s1. The van der Waals surface area contributed by atoms with Gasteiger partial charge >= 0.3 is 0 Å². The molecule has 0 aromatic carbocycles. The average Bonchev–Trinajstić information content (AvgIpc) is 3.26. The van der Waals surface area contributed by atoms with Crippen LogP contribution in [0, 0.1) is 0 Å². The van der Waals surface area contributed by atoms with Crippen LogP contribution < -0.4 is 5.32 Å². The Kier molecular flexibility index (Phi) is 3.40. The maximum absolute atomic E-state index is 12.4. The summed E-state index contributed by atoms with van der Waals surface area (Å²) in [5.41, 5.74) is 2.59. The van der Waals surface area contributed by atoms with E-state index < -0.39 is 0 Å². The molecule has 23 heavy (non-hydrogen) atoms. The second-order valence-electron chi connectivity index (χ2n) is 4.85. The van der Waals surface area contributed by atoms with E-state index in [-0.39, 0.29) is 5.91 Å². The van der Waals surface area contributed by atoms with Gasteiger partial charge in [-0.3, -0.25) is 9.48 Å². The number of thiazole rings is 1. The number of nitrogens with zero attached hydrogens (tertiary/aromatic N) is 4. The maximum atomic E-state index is 12.4. The van der Waals surface area contributed by atoms with E-state index in [0.717, 1.165) is 21.6 Å². The lowest BCUT2D eigenvalue weighted by molar-refractivity contribution is 0.102. The number of aryl methyl sites for hydroxylation is 1. The van der Waals surface area contributed by atoms with Gasteiger partial charge in [-0.15, -0.1) is 0 Å². The molecule has 0 aliphatic carbocycles. The van der Waals surface area contributed by atoms with Crippen molar-refractivity contribution in [3.8, 4) is 11.3 Å². The molecule has 0 bridgehead atoms. The first-order valence-corrected chi connectivity index (χ1v) is 8.56. The van der Waals surface area contributed by atoms with E-state index in [4.69, 9.17) is 0 Å². The lowest BCUT2D eigenvalue weighted by Crippen LogP contribution is -2.14. The zero-order chi connectivity index (χ0) is 15.8. The number of amides is 1. The Hall–Kier alpha value is -2.58. The highest BCUT2D eigenvalue weighted by atomic mass is 32.1. The summed E-state index contributed by atoms with van der Waals surface area (Å²) in [6, 6.07) is 7.50. The first kappa shape index (κ1) is 14.0. The van der Waals surface area contributed by atoms with Gasteiger partial charge in [0.2, 0.25) is 0 Å². The molecule has 0 fully saturated rings. The molecule has 8 heteroatoms. The molecule has 0 saturated carbocycles. The number of pyridine rings is 1. The number of rotatable bonds is 3. The molecule has 0 aliphatic rings. The maximum Gasteiger partial charge on any atom is 0.285 e. The van der Waals surface area contributed by atoms with Crippen molar-refractivity contribution >= 4 is 44.7 Å². The summed E-state index contributed by atoms with van der Waals surface area (Å²) in [5.74, 6) is 0.372. The molecular formula is C15H11N5OS2. The Morgan fingerprint density at radius 2 is 2.26 bits per heavy atom. The van der Waals surface area contributed by atoms with Gasteiger partial charge in [0.05, 0.1) is 5.69 Å². The molecule has 0 spiro atoms. The fourth-order valence-electron chi connectivity index (χ4n) is 2.17. The van der Waals surface area contributed by atoms with Gasteiger partial charge in [-0.1, -0.05) is 11.3 Å². The van der Waals surface area contributed by atoms with Gasteiger partial charge in [-0.25, -0.2) is 9.97 Å². The molecule has 4 rings (SSSR count). The third kappa shape index (κ3) is 2.62. The molecule has 4 aromatic rings. The number of carbonyl (C=O) groups is 1. The van der Waals surface area contributed by atoms with E-state index in [1.807, 2.05) is 29.0 Å². The van der Waals surface area contributed by atoms with Crippen molar-refractivity contribution in [2.24, 2.45) is 7.05 Å². The summed E-state index contributed by atoms with van der Waals surface area (Å²) in [4.78, 5) is 21.7. The predicted molar refractivity (Wildman–Crippen MR) is 91.9 cm³/mol. The lowest BCUT2D eigenvalue weighted by Gasteiger charge is -2.01. The molecule has 0 radical (unpaired) electrons. The monoisotopic (exact) mass is 341 g/mol. The Labute approximate surface area is 139 Å². The first-order chi connectivity index (χ1) is 11.2. The predicted octanol–water partition coefficient (Wildman–Crippen LogP) is 3.41. The van der Waals surface area contributed by atoms with Crippen LogP contribution in [-0.2, 0) is 7.05 Å². The van der Waals surface area contributed by atoms with Crippen LogP contribution in [-0.4, -0.2) is 25.7 Å². The topological polar surface area (TPSA) is 72.7 Å². The van der Waals surface area contributed by atoms with Crippen molar-refractivity contribution in [2.75, 3.05) is 5.32 Å². The van der Waals surface area contributed by atoms with Gasteiger partial charge in [-0.05, 0) is 23.6 Å². The molecule has 4 heterocycles. The van der Waals surface area contributed by atoms with Gasteiger partial charge in [0, 0.05) is 30.3 Å². The fraction of sp³-hybridized carbons (Fsp3) is 0.0667. The van der Waals surface area contributed by atoms with Gasteiger partial charge in [0.25, 0.3) is 5.91 Å². The number of aromatic nitrogens is 4. The van der Waals surface area contributed by atoms with Gasteiger partial charge < -0.3 is 5.32 Å². The number of hydrogen-bond donors (Lipinski definition) is 1. The number of anilines is 1. The lowest BCUT2D eigenvalue weighted by atomic mass is 10.2. The van der Waals surface area contributed by atoms with Crippen molar-refractivity contribution in [3.05, 3.63) is 46.2 Å². The van der Waals surface area contributed by atoms with Crippen molar-refractivity contribution in [2.45, 2.75) is 0 Å². The minimum atomic E-state index is -0.257. The molecule has 0 aliphatic heterocycles. The summed E-state index contributed by atoms with van der Waals surface area (Å²) in [6.45, 7) is 0. The van der Waals surface area contributed by atoms with Crippen molar-refractivity contribution in [1.29, 1.82) is 0 Å². The van der Waals surface area contributed by atoms with Crippen LogP contribution in [0.1, 0.15) is 9.80 Å². The van der Waals surface area contributed by atoms with Crippen LogP contribution in [0.15, 0.2) is 41.2 Å². The average molecular weight is 341 g/mol. The summed E-state index contributed by atoms with van der Waals surface area (Å²) in [7, 11) is 1.80. The molecular weight excluding hydrogens is 330 g/mol. The highest BCUT2D eigenvalue weighted by Gasteiger charge is 2.16. The van der Waals surface area contributed by atoms with Crippen LogP contribution in [0.2, 0.25) is 0 Å². The van der Waals surface area contributed by atoms with Crippen LogP contribution in [0.25, 0.3) is 21.6 Å². The number of carbonyl (C=O) groups excluding carboxylic acids is 1. The Bertz CT molecular complexity index is 954. The zero-order valence-corrected chi connectivity index (χ0v) is 13.7. The van der Waals surface area contributed by atoms with Crippen LogP contribution >= 0.6 is 22.7 Å². The fourth-order valence-corrected chi connectivity index (χ4v) is 3.62. The van der Waals surface area contributed by atoms with E-state index in [9.17, 15) is 4.79 Å². The third-order valence-electron chi connectivity index (χ3n) is 3.30. The van der Waals surface area contributed by atoms with E-state index in [0.29, 0.717) is 10.8 Å². The Morgan fingerprint density at radius 3 is 3.04 bits per heavy atom. The molecule has 6 nitrogen and oxygen atoms in total. The normalized spacial score (nSPS) is 11.0. The molecule has 0 unspecified atom stereocenters. The third-order valence-corrected chi connectivity index (χ3v) is 4.96. The van der Waals surface area contributed by atoms with Gasteiger partial charge in [-0.2, -0.15) is 16.4 Å². The summed E-state index contributed by atoms with van der Waals surface area (Å²) < 4.78 is 1.65. The minimum Gasteiger partial charge on any atom is -0.305 e. The molecule has 1 amide bonds. The van der Waals surface area contributed by atoms with Crippen molar-refractivity contribution < 1.29 is 4.79 Å². The highest BCUT2D eigenvalue weighted by Crippen LogP contribution is 2.25. The molecule has 0 saturated heterocycles. The van der Waals surface area contributed by atoms with E-state index in [1.54, 1.807) is 35.3 Å².